The van der Waals surface area contributed by atoms with Crippen molar-refractivity contribution in [1.29, 1.82) is 0 Å². The Morgan fingerprint density at radius 1 is 1.45 bits per heavy atom. The summed E-state index contributed by atoms with van der Waals surface area (Å²) in [5.41, 5.74) is 0. The molecule has 4 heteroatoms. The molecule has 0 aliphatic carbocycles. The third-order valence-electron chi connectivity index (χ3n) is 1.24. The summed E-state index contributed by atoms with van der Waals surface area (Å²) in [6.45, 7) is 4.97. The largest absolute Gasteiger partial charge is 0.354 e. The smallest absolute Gasteiger partial charge is 0.238 e. The molecule has 0 aromatic rings. The summed E-state index contributed by atoms with van der Waals surface area (Å²) in [6, 6.07) is 0. The first-order valence-corrected chi connectivity index (χ1v) is 3.86. The minimum absolute atomic E-state index is 0.477. The molecular formula is C7H17NO3. The van der Waals surface area contributed by atoms with Crippen molar-refractivity contribution in [2.45, 2.75) is 26.7 Å². The first-order valence-electron chi connectivity index (χ1n) is 3.86. The molecule has 0 fully saturated rings. The lowest BCUT2D eigenvalue weighted by Crippen LogP contribution is -2.36. The van der Waals surface area contributed by atoms with Gasteiger partial charge in [-0.25, -0.2) is 0 Å². The van der Waals surface area contributed by atoms with Gasteiger partial charge < -0.3 is 9.84 Å². The fraction of sp³-hybridized carbons (Fsp3) is 1.00. The summed E-state index contributed by atoms with van der Waals surface area (Å²) in [5, 5.41) is 10.6. The van der Waals surface area contributed by atoms with E-state index >= 15 is 0 Å². The van der Waals surface area contributed by atoms with E-state index in [9.17, 15) is 5.11 Å². The third kappa shape index (κ3) is 4.31. The Labute approximate surface area is 67.7 Å². The molecule has 1 atom stereocenters. The second kappa shape index (κ2) is 6.54. The van der Waals surface area contributed by atoms with E-state index in [0.717, 1.165) is 6.42 Å². The average molecular weight is 163 g/mol. The minimum atomic E-state index is -0.940. The van der Waals surface area contributed by atoms with Crippen molar-refractivity contribution in [3.63, 3.8) is 0 Å². The highest BCUT2D eigenvalue weighted by Crippen LogP contribution is 1.98. The van der Waals surface area contributed by atoms with Crippen LogP contribution in [0.5, 0.6) is 0 Å². The number of hydroxylamine groups is 2. The van der Waals surface area contributed by atoms with Crippen LogP contribution in [-0.2, 0) is 9.57 Å². The van der Waals surface area contributed by atoms with Crippen LogP contribution < -0.4 is 0 Å². The molecular weight excluding hydrogens is 146 g/mol. The van der Waals surface area contributed by atoms with Gasteiger partial charge in [0.2, 0.25) is 6.41 Å². The van der Waals surface area contributed by atoms with Crippen LogP contribution in [0.4, 0.5) is 0 Å². The third-order valence-corrected chi connectivity index (χ3v) is 1.24. The topological polar surface area (TPSA) is 41.9 Å². The van der Waals surface area contributed by atoms with Gasteiger partial charge >= 0.3 is 0 Å². The van der Waals surface area contributed by atoms with Gasteiger partial charge in [-0.1, -0.05) is 6.92 Å². The molecule has 68 valence electrons. The molecule has 11 heavy (non-hydrogen) atoms. The summed E-state index contributed by atoms with van der Waals surface area (Å²) >= 11 is 0. The molecule has 4 nitrogen and oxygen atoms in total. The second-order valence-corrected chi connectivity index (χ2v) is 2.10. The molecule has 0 aromatic heterocycles. The summed E-state index contributed by atoms with van der Waals surface area (Å²) in [6.07, 6.45) is -0.0252. The van der Waals surface area contributed by atoms with Gasteiger partial charge in [-0.2, -0.15) is 0 Å². The van der Waals surface area contributed by atoms with Crippen LogP contribution in [-0.4, -0.2) is 36.8 Å². The molecule has 0 amide bonds. The first kappa shape index (κ1) is 10.8. The van der Waals surface area contributed by atoms with Crippen molar-refractivity contribution in [2.75, 3.05) is 20.3 Å². The number of aliphatic hydroxyl groups is 1. The van der Waals surface area contributed by atoms with Gasteiger partial charge in [0.1, 0.15) is 0 Å². The number of hydrogen-bond donors (Lipinski definition) is 1. The highest BCUT2D eigenvalue weighted by Gasteiger charge is 2.12. The Kier molecular flexibility index (Phi) is 6.45. The average Bonchev–Trinajstić information content (AvgIpc) is 2.00. The molecule has 0 aliphatic rings. The Morgan fingerprint density at radius 2 is 2.09 bits per heavy atom. The Hall–Kier alpha value is -0.160. The maximum Gasteiger partial charge on any atom is 0.238 e. The van der Waals surface area contributed by atoms with Crippen LogP contribution in [0.1, 0.15) is 20.3 Å². The van der Waals surface area contributed by atoms with E-state index in [-0.39, 0.29) is 0 Å². The monoisotopic (exact) mass is 163 g/mol. The van der Waals surface area contributed by atoms with Crippen molar-refractivity contribution in [2.24, 2.45) is 0 Å². The predicted octanol–water partition coefficient (Wildman–Crippen LogP) is 0.572. The maximum atomic E-state index is 9.22. The van der Waals surface area contributed by atoms with Crippen LogP contribution in [0.25, 0.3) is 0 Å². The van der Waals surface area contributed by atoms with Crippen molar-refractivity contribution in [1.82, 2.24) is 5.06 Å². The van der Waals surface area contributed by atoms with Crippen LogP contribution in [0, 0.1) is 0 Å². The van der Waals surface area contributed by atoms with E-state index < -0.39 is 6.41 Å². The molecule has 0 saturated carbocycles. The summed E-state index contributed by atoms with van der Waals surface area (Å²) in [5.74, 6) is 0. The first-order chi connectivity index (χ1) is 5.26. The van der Waals surface area contributed by atoms with Crippen molar-refractivity contribution >= 4 is 0 Å². The molecule has 0 bridgehead atoms. The number of aliphatic hydroxyl groups excluding tert-OH is 1. The van der Waals surface area contributed by atoms with Crippen LogP contribution in [0.2, 0.25) is 0 Å². The van der Waals surface area contributed by atoms with Crippen LogP contribution >= 0.6 is 0 Å². The molecule has 0 heterocycles. The lowest BCUT2D eigenvalue weighted by Gasteiger charge is -2.23. The quantitative estimate of drug-likeness (QED) is 0.459. The zero-order valence-corrected chi connectivity index (χ0v) is 7.41. The van der Waals surface area contributed by atoms with Crippen molar-refractivity contribution in [3.8, 4) is 0 Å². The van der Waals surface area contributed by atoms with Gasteiger partial charge in [-0.15, -0.1) is 5.06 Å². The molecule has 0 rings (SSSR count). The van der Waals surface area contributed by atoms with Gasteiger partial charge in [0.05, 0.1) is 7.11 Å². The van der Waals surface area contributed by atoms with Gasteiger partial charge in [0.15, 0.2) is 0 Å². The Bertz CT molecular complexity index is 89.8. The second-order valence-electron chi connectivity index (χ2n) is 2.10. The fourth-order valence-corrected chi connectivity index (χ4v) is 0.744. The fourth-order valence-electron chi connectivity index (χ4n) is 0.744. The number of ether oxygens (including phenoxy) is 1. The maximum absolute atomic E-state index is 9.22. The summed E-state index contributed by atoms with van der Waals surface area (Å²) < 4.78 is 4.90. The molecule has 0 aliphatic heterocycles. The van der Waals surface area contributed by atoms with Crippen LogP contribution in [0.3, 0.4) is 0 Å². The van der Waals surface area contributed by atoms with Crippen molar-refractivity contribution in [3.05, 3.63) is 0 Å². The number of rotatable bonds is 6. The standard InChI is InChI=1S/C7H17NO3/c1-4-6-8(10-3)7(9)11-5-2/h7,9H,4-6H2,1-3H3. The van der Waals surface area contributed by atoms with E-state index in [1.54, 1.807) is 0 Å². The highest BCUT2D eigenvalue weighted by molar-refractivity contribution is 4.39. The van der Waals surface area contributed by atoms with E-state index in [0.29, 0.717) is 13.2 Å². The SMILES string of the molecule is CCCN(OC)C(O)OCC. The lowest BCUT2D eigenvalue weighted by atomic mass is 10.5. The van der Waals surface area contributed by atoms with Crippen LogP contribution in [0.15, 0.2) is 0 Å². The van der Waals surface area contributed by atoms with E-state index in [1.807, 2.05) is 13.8 Å². The molecule has 0 spiro atoms. The number of nitrogens with zero attached hydrogens (tertiary/aromatic N) is 1. The van der Waals surface area contributed by atoms with Gasteiger partial charge in [-0.3, -0.25) is 4.84 Å². The Balaban J connectivity index is 3.61. The number of hydrogen-bond acceptors (Lipinski definition) is 4. The van der Waals surface area contributed by atoms with E-state index in [2.05, 4.69) is 0 Å². The minimum Gasteiger partial charge on any atom is -0.354 e. The predicted molar refractivity (Wildman–Crippen MR) is 41.6 cm³/mol. The molecule has 1 N–H and O–H groups in total. The molecule has 0 aromatic carbocycles. The highest BCUT2D eigenvalue weighted by atomic mass is 16.8. The van der Waals surface area contributed by atoms with E-state index in [4.69, 9.17) is 9.57 Å². The summed E-state index contributed by atoms with van der Waals surface area (Å²) in [7, 11) is 1.51. The lowest BCUT2D eigenvalue weighted by molar-refractivity contribution is -0.311. The van der Waals surface area contributed by atoms with Gasteiger partial charge in [-0.05, 0) is 13.3 Å². The summed E-state index contributed by atoms with van der Waals surface area (Å²) in [4.78, 5) is 4.86. The normalized spacial score (nSPS) is 13.9. The van der Waals surface area contributed by atoms with Gasteiger partial charge in [0.25, 0.3) is 0 Å². The molecule has 0 radical (unpaired) electrons. The van der Waals surface area contributed by atoms with Crippen molar-refractivity contribution < 1.29 is 14.7 Å². The van der Waals surface area contributed by atoms with Gasteiger partial charge in [0, 0.05) is 13.2 Å². The zero-order chi connectivity index (χ0) is 8.69. The van der Waals surface area contributed by atoms with E-state index in [1.165, 1.54) is 12.2 Å². The molecule has 1 unspecified atom stereocenters. The molecule has 0 saturated heterocycles. The zero-order valence-electron chi connectivity index (χ0n) is 7.41. The Morgan fingerprint density at radius 3 is 2.45 bits per heavy atom.